The second-order valence-electron chi connectivity index (χ2n) is 5.36. The number of rotatable bonds is 7. The van der Waals surface area contributed by atoms with Crippen LogP contribution in [0.3, 0.4) is 0 Å². The molecule has 26 heavy (non-hydrogen) atoms. The van der Waals surface area contributed by atoms with Crippen molar-refractivity contribution in [3.05, 3.63) is 59.9 Å². The first-order chi connectivity index (χ1) is 12.5. The third-order valence-electron chi connectivity index (χ3n) is 3.32. The van der Waals surface area contributed by atoms with Crippen LogP contribution in [0.15, 0.2) is 53.8 Å². The van der Waals surface area contributed by atoms with E-state index < -0.39 is 11.7 Å². The normalized spacial score (nSPS) is 11.9. The summed E-state index contributed by atoms with van der Waals surface area (Å²) >= 11 is 0. The Labute approximate surface area is 150 Å². The van der Waals surface area contributed by atoms with Gasteiger partial charge in [0.05, 0.1) is 24.8 Å². The lowest BCUT2D eigenvalue weighted by Crippen LogP contribution is -2.39. The molecule has 0 aliphatic heterocycles. The highest BCUT2D eigenvalue weighted by atomic mass is 19.4. The molecule has 1 heterocycles. The number of hydrogen-bond donors (Lipinski definition) is 2. The van der Waals surface area contributed by atoms with Gasteiger partial charge < -0.3 is 15.4 Å². The van der Waals surface area contributed by atoms with E-state index in [4.69, 9.17) is 4.74 Å². The minimum absolute atomic E-state index is 0.142. The number of aromatic nitrogens is 1. The van der Waals surface area contributed by atoms with Crippen LogP contribution in [0.2, 0.25) is 0 Å². The van der Waals surface area contributed by atoms with Crippen molar-refractivity contribution < 1.29 is 17.9 Å². The highest BCUT2D eigenvalue weighted by Gasteiger charge is 2.30. The van der Waals surface area contributed by atoms with E-state index >= 15 is 0 Å². The number of guanidine groups is 1. The number of halogens is 3. The van der Waals surface area contributed by atoms with Gasteiger partial charge in [-0.3, -0.25) is 4.98 Å². The number of nitrogens with one attached hydrogen (secondary N) is 2. The number of benzene rings is 1. The average molecular weight is 366 g/mol. The first-order valence-electron chi connectivity index (χ1n) is 8.20. The summed E-state index contributed by atoms with van der Waals surface area (Å²) in [6.07, 6.45) is -1.08. The van der Waals surface area contributed by atoms with Crippen molar-refractivity contribution in [1.29, 1.82) is 0 Å². The maximum absolute atomic E-state index is 12.8. The molecule has 0 aliphatic rings. The molecule has 1 aromatic heterocycles. The zero-order chi connectivity index (χ0) is 18.8. The van der Waals surface area contributed by atoms with Crippen molar-refractivity contribution in [3.63, 3.8) is 0 Å². The predicted octanol–water partition coefficient (Wildman–Crippen LogP) is 3.23. The van der Waals surface area contributed by atoms with Crippen molar-refractivity contribution in [2.24, 2.45) is 4.99 Å². The lowest BCUT2D eigenvalue weighted by molar-refractivity contribution is -0.137. The fourth-order valence-electron chi connectivity index (χ4n) is 2.13. The molecule has 2 aromatic rings. The Balaban J connectivity index is 1.88. The molecule has 140 valence electrons. The van der Waals surface area contributed by atoms with E-state index in [-0.39, 0.29) is 6.54 Å². The minimum atomic E-state index is -4.36. The second-order valence-corrected chi connectivity index (χ2v) is 5.36. The SMILES string of the molecule is CCNC(=NCc1cccc(C(F)(F)F)c1)NCCOc1cccnc1. The summed E-state index contributed by atoms with van der Waals surface area (Å²) in [7, 11) is 0. The molecule has 0 aliphatic carbocycles. The molecule has 5 nitrogen and oxygen atoms in total. The van der Waals surface area contributed by atoms with Gasteiger partial charge in [-0.05, 0) is 36.8 Å². The maximum atomic E-state index is 12.8. The van der Waals surface area contributed by atoms with Crippen LogP contribution in [-0.2, 0) is 12.7 Å². The highest BCUT2D eigenvalue weighted by molar-refractivity contribution is 5.79. The van der Waals surface area contributed by atoms with Crippen molar-refractivity contribution >= 4 is 5.96 Å². The van der Waals surface area contributed by atoms with Crippen LogP contribution in [0.4, 0.5) is 13.2 Å². The van der Waals surface area contributed by atoms with Gasteiger partial charge in [-0.2, -0.15) is 13.2 Å². The van der Waals surface area contributed by atoms with E-state index in [0.29, 0.717) is 37.0 Å². The van der Waals surface area contributed by atoms with Crippen LogP contribution >= 0.6 is 0 Å². The number of nitrogens with zero attached hydrogens (tertiary/aromatic N) is 2. The van der Waals surface area contributed by atoms with Gasteiger partial charge >= 0.3 is 6.18 Å². The molecule has 0 atom stereocenters. The standard InChI is InChI=1S/C18H21F3N4O/c1-2-23-17(24-9-10-26-16-7-4-8-22-13-16)25-12-14-5-3-6-15(11-14)18(19,20)21/h3-8,11,13H,2,9-10,12H2,1H3,(H2,23,24,25). The number of alkyl halides is 3. The molecule has 2 N–H and O–H groups in total. The van der Waals surface area contributed by atoms with E-state index in [1.807, 2.05) is 6.92 Å². The first-order valence-corrected chi connectivity index (χ1v) is 8.20. The molecule has 0 spiro atoms. The summed E-state index contributed by atoms with van der Waals surface area (Å²) in [5.41, 5.74) is -0.184. The topological polar surface area (TPSA) is 58.5 Å². The fourth-order valence-corrected chi connectivity index (χ4v) is 2.13. The molecule has 0 bridgehead atoms. The summed E-state index contributed by atoms with van der Waals surface area (Å²) in [5.74, 6) is 1.18. The Bertz CT molecular complexity index is 705. The quantitative estimate of drug-likeness (QED) is 0.449. The molecule has 0 fully saturated rings. The molecule has 0 unspecified atom stereocenters. The number of hydrogen-bond acceptors (Lipinski definition) is 3. The lowest BCUT2D eigenvalue weighted by Gasteiger charge is -2.12. The molecule has 8 heteroatoms. The van der Waals surface area contributed by atoms with E-state index in [1.54, 1.807) is 30.6 Å². The first kappa shape index (κ1) is 19.6. The van der Waals surface area contributed by atoms with Gasteiger partial charge in [0.2, 0.25) is 0 Å². The van der Waals surface area contributed by atoms with Gasteiger partial charge in [0.15, 0.2) is 5.96 Å². The van der Waals surface area contributed by atoms with Crippen molar-refractivity contribution in [2.45, 2.75) is 19.6 Å². The Hall–Kier alpha value is -2.77. The molecule has 0 saturated heterocycles. The van der Waals surface area contributed by atoms with Gasteiger partial charge in [-0.25, -0.2) is 4.99 Å². The van der Waals surface area contributed by atoms with Crippen molar-refractivity contribution in [3.8, 4) is 5.75 Å². The zero-order valence-electron chi connectivity index (χ0n) is 14.4. The van der Waals surface area contributed by atoms with Crippen LogP contribution in [0.5, 0.6) is 5.75 Å². The van der Waals surface area contributed by atoms with E-state index in [2.05, 4.69) is 20.6 Å². The Morgan fingerprint density at radius 2 is 2.04 bits per heavy atom. The summed E-state index contributed by atoms with van der Waals surface area (Å²) < 4.78 is 43.8. The fraction of sp³-hybridized carbons (Fsp3) is 0.333. The Morgan fingerprint density at radius 1 is 1.19 bits per heavy atom. The molecule has 1 aromatic carbocycles. The van der Waals surface area contributed by atoms with Gasteiger partial charge in [0.25, 0.3) is 0 Å². The van der Waals surface area contributed by atoms with Crippen molar-refractivity contribution in [2.75, 3.05) is 19.7 Å². The van der Waals surface area contributed by atoms with Gasteiger partial charge in [-0.15, -0.1) is 0 Å². The Morgan fingerprint density at radius 3 is 2.73 bits per heavy atom. The van der Waals surface area contributed by atoms with Crippen LogP contribution in [-0.4, -0.2) is 30.6 Å². The van der Waals surface area contributed by atoms with Gasteiger partial charge in [0, 0.05) is 12.7 Å². The van der Waals surface area contributed by atoms with E-state index in [9.17, 15) is 13.2 Å². The zero-order valence-corrected chi connectivity index (χ0v) is 14.4. The minimum Gasteiger partial charge on any atom is -0.490 e. The monoisotopic (exact) mass is 366 g/mol. The number of ether oxygens (including phenoxy) is 1. The van der Waals surface area contributed by atoms with Crippen LogP contribution in [0.1, 0.15) is 18.1 Å². The lowest BCUT2D eigenvalue weighted by atomic mass is 10.1. The molecular weight excluding hydrogens is 345 g/mol. The Kier molecular flexibility index (Phi) is 7.25. The molecule has 0 saturated carbocycles. The third kappa shape index (κ3) is 6.62. The smallest absolute Gasteiger partial charge is 0.416 e. The summed E-state index contributed by atoms with van der Waals surface area (Å²) in [5, 5.41) is 6.12. The van der Waals surface area contributed by atoms with Crippen LogP contribution < -0.4 is 15.4 Å². The van der Waals surface area contributed by atoms with Crippen LogP contribution in [0.25, 0.3) is 0 Å². The molecule has 2 rings (SSSR count). The summed E-state index contributed by atoms with van der Waals surface area (Å²) in [4.78, 5) is 8.26. The van der Waals surface area contributed by atoms with Crippen LogP contribution in [0, 0.1) is 0 Å². The number of aliphatic imine (C=N–C) groups is 1. The molecular formula is C18H21F3N4O. The third-order valence-corrected chi connectivity index (χ3v) is 3.32. The molecule has 0 radical (unpaired) electrons. The number of pyridine rings is 1. The average Bonchev–Trinajstić information content (AvgIpc) is 2.63. The van der Waals surface area contributed by atoms with Gasteiger partial charge in [0.1, 0.15) is 12.4 Å². The highest BCUT2D eigenvalue weighted by Crippen LogP contribution is 2.29. The van der Waals surface area contributed by atoms with Gasteiger partial charge in [-0.1, -0.05) is 12.1 Å². The maximum Gasteiger partial charge on any atom is 0.416 e. The largest absolute Gasteiger partial charge is 0.490 e. The van der Waals surface area contributed by atoms with E-state index in [0.717, 1.165) is 12.1 Å². The molecule has 0 amide bonds. The summed E-state index contributed by atoms with van der Waals surface area (Å²) in [6.45, 7) is 3.58. The summed E-state index contributed by atoms with van der Waals surface area (Å²) in [6, 6.07) is 8.75. The van der Waals surface area contributed by atoms with Crippen molar-refractivity contribution in [1.82, 2.24) is 15.6 Å². The van der Waals surface area contributed by atoms with E-state index in [1.165, 1.54) is 6.07 Å². The second kappa shape index (κ2) is 9.65. The predicted molar refractivity (Wildman–Crippen MR) is 94.0 cm³/mol.